The molecule has 31 heavy (non-hydrogen) atoms. The number of nitrogens with one attached hydrogen (secondary N) is 1. The van der Waals surface area contributed by atoms with Crippen molar-refractivity contribution in [3.63, 3.8) is 0 Å². The molecule has 1 aliphatic rings. The number of aryl methyl sites for hydroxylation is 1. The van der Waals surface area contributed by atoms with Gasteiger partial charge in [0, 0.05) is 50.0 Å². The molecule has 0 unspecified atom stereocenters. The van der Waals surface area contributed by atoms with Crippen molar-refractivity contribution < 1.29 is 9.59 Å². The Bertz CT molecular complexity index is 1110. The predicted octanol–water partition coefficient (Wildman–Crippen LogP) is 4.71. The summed E-state index contributed by atoms with van der Waals surface area (Å²) in [5.74, 6) is 0.00762. The molecule has 2 amide bonds. The third-order valence-corrected chi connectivity index (χ3v) is 6.16. The molecule has 1 fully saturated rings. The molecule has 0 aromatic heterocycles. The van der Waals surface area contributed by atoms with Crippen molar-refractivity contribution >= 4 is 34.0 Å². The van der Waals surface area contributed by atoms with Crippen LogP contribution in [0.2, 0.25) is 0 Å². The highest BCUT2D eigenvalue weighted by atomic mass is 16.2. The van der Waals surface area contributed by atoms with E-state index < -0.39 is 0 Å². The molecule has 3 aromatic rings. The van der Waals surface area contributed by atoms with E-state index in [4.69, 9.17) is 0 Å². The summed E-state index contributed by atoms with van der Waals surface area (Å²) >= 11 is 0. The number of anilines is 2. The zero-order valence-electron chi connectivity index (χ0n) is 18.4. The number of hydrogen-bond acceptors (Lipinski definition) is 3. The topological polar surface area (TPSA) is 52.7 Å². The molecule has 1 aliphatic heterocycles. The fourth-order valence-electron chi connectivity index (χ4n) is 4.23. The van der Waals surface area contributed by atoms with Crippen LogP contribution in [-0.4, -0.2) is 43.9 Å². The third-order valence-electron chi connectivity index (χ3n) is 6.16. The summed E-state index contributed by atoms with van der Waals surface area (Å²) in [6.07, 6.45) is 1.36. The molecule has 3 aromatic carbocycles. The lowest BCUT2D eigenvalue weighted by Gasteiger charge is -2.31. The van der Waals surface area contributed by atoms with Crippen LogP contribution in [0, 0.1) is 12.8 Å². The Labute approximate surface area is 183 Å². The van der Waals surface area contributed by atoms with Crippen LogP contribution in [0.3, 0.4) is 0 Å². The maximum atomic E-state index is 13.1. The van der Waals surface area contributed by atoms with Gasteiger partial charge in [-0.3, -0.25) is 9.59 Å². The zero-order valence-corrected chi connectivity index (χ0v) is 18.4. The van der Waals surface area contributed by atoms with Crippen LogP contribution in [0.25, 0.3) is 10.8 Å². The summed E-state index contributed by atoms with van der Waals surface area (Å²) in [6.45, 7) is 3.20. The third kappa shape index (κ3) is 4.41. The van der Waals surface area contributed by atoms with E-state index in [1.165, 1.54) is 0 Å². The molecule has 1 heterocycles. The number of nitrogens with zero attached hydrogens (tertiary/aromatic N) is 2. The fraction of sp³-hybridized carbons (Fsp3) is 0.308. The molecular formula is C26H29N3O2. The van der Waals surface area contributed by atoms with Gasteiger partial charge in [0.25, 0.3) is 5.91 Å². The molecule has 5 heteroatoms. The number of amides is 2. The van der Waals surface area contributed by atoms with E-state index in [0.29, 0.717) is 25.9 Å². The Kier molecular flexibility index (Phi) is 5.94. The minimum Gasteiger partial charge on any atom is -0.378 e. The first kappa shape index (κ1) is 20.9. The Morgan fingerprint density at radius 2 is 1.68 bits per heavy atom. The Balaban J connectivity index is 1.39. The molecule has 1 saturated heterocycles. The van der Waals surface area contributed by atoms with Gasteiger partial charge in [0.1, 0.15) is 0 Å². The Morgan fingerprint density at radius 3 is 2.39 bits per heavy atom. The summed E-state index contributed by atoms with van der Waals surface area (Å²) < 4.78 is 0. The first-order valence-corrected chi connectivity index (χ1v) is 10.8. The van der Waals surface area contributed by atoms with Crippen molar-refractivity contribution in [3.05, 3.63) is 71.8 Å². The van der Waals surface area contributed by atoms with Crippen LogP contribution in [0.1, 0.15) is 28.8 Å². The Morgan fingerprint density at radius 1 is 0.968 bits per heavy atom. The van der Waals surface area contributed by atoms with Crippen molar-refractivity contribution in [2.24, 2.45) is 5.92 Å². The lowest BCUT2D eigenvalue weighted by molar-refractivity contribution is -0.121. The van der Waals surface area contributed by atoms with Gasteiger partial charge in [0.15, 0.2) is 0 Å². The van der Waals surface area contributed by atoms with Crippen molar-refractivity contribution in [2.75, 3.05) is 37.4 Å². The second kappa shape index (κ2) is 8.80. The number of carbonyl (C=O) groups excluding carboxylic acids is 2. The summed E-state index contributed by atoms with van der Waals surface area (Å²) in [4.78, 5) is 29.9. The van der Waals surface area contributed by atoms with E-state index >= 15 is 0 Å². The second-order valence-corrected chi connectivity index (χ2v) is 8.48. The van der Waals surface area contributed by atoms with Crippen LogP contribution < -0.4 is 10.2 Å². The Hall–Kier alpha value is -3.34. The van der Waals surface area contributed by atoms with E-state index in [-0.39, 0.29) is 17.7 Å². The molecular weight excluding hydrogens is 386 g/mol. The predicted molar refractivity (Wildman–Crippen MR) is 127 cm³/mol. The van der Waals surface area contributed by atoms with Gasteiger partial charge in [0.05, 0.1) is 0 Å². The van der Waals surface area contributed by atoms with Gasteiger partial charge in [-0.2, -0.15) is 0 Å². The smallest absolute Gasteiger partial charge is 0.254 e. The van der Waals surface area contributed by atoms with E-state index in [1.54, 1.807) is 0 Å². The van der Waals surface area contributed by atoms with Gasteiger partial charge in [-0.05, 0) is 60.4 Å². The number of benzene rings is 3. The summed E-state index contributed by atoms with van der Waals surface area (Å²) in [5, 5.41) is 5.13. The zero-order chi connectivity index (χ0) is 22.0. The molecule has 160 valence electrons. The van der Waals surface area contributed by atoms with Crippen LogP contribution in [-0.2, 0) is 4.79 Å². The lowest BCUT2D eigenvalue weighted by atomic mass is 9.94. The monoisotopic (exact) mass is 415 g/mol. The minimum atomic E-state index is -0.0792. The molecule has 0 bridgehead atoms. The van der Waals surface area contributed by atoms with E-state index in [9.17, 15) is 9.59 Å². The second-order valence-electron chi connectivity index (χ2n) is 8.48. The number of carbonyl (C=O) groups is 2. The molecule has 5 nitrogen and oxygen atoms in total. The number of piperidine rings is 1. The highest BCUT2D eigenvalue weighted by Gasteiger charge is 2.28. The molecule has 0 saturated carbocycles. The van der Waals surface area contributed by atoms with Crippen molar-refractivity contribution in [1.82, 2.24) is 4.90 Å². The minimum absolute atomic E-state index is 0.0398. The number of fused-ring (bicyclic) bond motifs is 1. The van der Waals surface area contributed by atoms with Gasteiger partial charge in [-0.15, -0.1) is 0 Å². The quantitative estimate of drug-likeness (QED) is 0.672. The number of likely N-dealkylation sites (tertiary alicyclic amines) is 1. The fourth-order valence-corrected chi connectivity index (χ4v) is 4.23. The standard InChI is InChI=1S/C26H29N3O2/c1-18-17-21(28(2)3)11-12-24(18)27-25(30)20-13-15-29(16-14-20)26(31)23-10-6-8-19-7-4-5-9-22(19)23/h4-12,17,20H,13-16H2,1-3H3,(H,27,30). The first-order chi connectivity index (χ1) is 14.9. The SMILES string of the molecule is Cc1cc(N(C)C)ccc1NC(=O)C1CCN(C(=O)c2cccc3ccccc23)CC1. The van der Waals surface area contributed by atoms with Gasteiger partial charge in [-0.1, -0.05) is 36.4 Å². The van der Waals surface area contributed by atoms with Crippen molar-refractivity contribution in [2.45, 2.75) is 19.8 Å². The highest BCUT2D eigenvalue weighted by molar-refractivity contribution is 6.07. The van der Waals surface area contributed by atoms with E-state index in [1.807, 2.05) is 85.4 Å². The highest BCUT2D eigenvalue weighted by Crippen LogP contribution is 2.26. The van der Waals surface area contributed by atoms with Crippen molar-refractivity contribution in [1.29, 1.82) is 0 Å². The molecule has 0 aliphatic carbocycles. The lowest BCUT2D eigenvalue weighted by Crippen LogP contribution is -2.41. The molecule has 1 N–H and O–H groups in total. The van der Waals surface area contributed by atoms with Gasteiger partial charge in [0.2, 0.25) is 5.91 Å². The first-order valence-electron chi connectivity index (χ1n) is 10.8. The average Bonchev–Trinajstić information content (AvgIpc) is 2.79. The van der Waals surface area contributed by atoms with Crippen LogP contribution in [0.15, 0.2) is 60.7 Å². The normalized spacial score (nSPS) is 14.5. The number of hydrogen-bond donors (Lipinski definition) is 1. The maximum absolute atomic E-state index is 13.1. The molecule has 0 radical (unpaired) electrons. The summed E-state index contributed by atoms with van der Waals surface area (Å²) in [6, 6.07) is 19.8. The average molecular weight is 416 g/mol. The van der Waals surface area contributed by atoms with E-state index in [0.717, 1.165) is 33.3 Å². The van der Waals surface area contributed by atoms with Gasteiger partial charge >= 0.3 is 0 Å². The maximum Gasteiger partial charge on any atom is 0.254 e. The summed E-state index contributed by atoms with van der Waals surface area (Å²) in [7, 11) is 4.00. The van der Waals surface area contributed by atoms with Crippen molar-refractivity contribution in [3.8, 4) is 0 Å². The van der Waals surface area contributed by atoms with E-state index in [2.05, 4.69) is 11.4 Å². The van der Waals surface area contributed by atoms with Crippen LogP contribution in [0.4, 0.5) is 11.4 Å². The van der Waals surface area contributed by atoms with Crippen LogP contribution >= 0.6 is 0 Å². The van der Waals surface area contributed by atoms with Gasteiger partial charge in [-0.25, -0.2) is 0 Å². The van der Waals surface area contributed by atoms with Gasteiger partial charge < -0.3 is 15.1 Å². The largest absolute Gasteiger partial charge is 0.378 e. The number of rotatable bonds is 4. The molecule has 0 atom stereocenters. The van der Waals surface area contributed by atoms with Crippen LogP contribution in [0.5, 0.6) is 0 Å². The molecule has 4 rings (SSSR count). The molecule has 0 spiro atoms. The summed E-state index contributed by atoms with van der Waals surface area (Å²) in [5.41, 5.74) is 3.74.